The smallest absolute Gasteiger partial charge is 0.298 e. The van der Waals surface area contributed by atoms with Crippen LogP contribution < -0.4 is 5.32 Å². The molecule has 4 rings (SSSR count). The minimum absolute atomic E-state index is 0.0791. The number of hydrogen-bond acceptors (Lipinski definition) is 4. The first-order valence-corrected chi connectivity index (χ1v) is 9.54. The van der Waals surface area contributed by atoms with Crippen LogP contribution in [0.2, 0.25) is 10.0 Å². The summed E-state index contributed by atoms with van der Waals surface area (Å²) in [6.45, 7) is 0.436. The molecule has 0 aliphatic rings. The highest BCUT2D eigenvalue weighted by Gasteiger charge is 2.23. The average molecular weight is 438 g/mol. The molecule has 0 saturated carbocycles. The highest BCUT2D eigenvalue weighted by atomic mass is 35.5. The second kappa shape index (κ2) is 8.03. The molecule has 0 unspecified atom stereocenters. The van der Waals surface area contributed by atoms with Crippen molar-refractivity contribution in [3.8, 4) is 6.07 Å². The summed E-state index contributed by atoms with van der Waals surface area (Å²) in [7, 11) is 0. The molecule has 9 heteroatoms. The molecule has 0 fully saturated rings. The molecule has 30 heavy (non-hydrogen) atoms. The number of carbonyl (C=O) groups is 2. The molecule has 0 spiro atoms. The second-order valence-electron chi connectivity index (χ2n) is 6.49. The third kappa shape index (κ3) is 3.66. The zero-order valence-corrected chi connectivity index (χ0v) is 16.8. The van der Waals surface area contributed by atoms with E-state index in [-0.39, 0.29) is 16.9 Å². The van der Waals surface area contributed by atoms with Gasteiger partial charge in [0.1, 0.15) is 17.5 Å². The Hall–Kier alpha value is -3.60. The van der Waals surface area contributed by atoms with Crippen LogP contribution in [0.5, 0.6) is 0 Å². The van der Waals surface area contributed by atoms with Gasteiger partial charge in [0.25, 0.3) is 11.7 Å². The lowest BCUT2D eigenvalue weighted by Crippen LogP contribution is -2.23. The largest absolute Gasteiger partial charge is 0.342 e. The minimum atomic E-state index is -0.867. The fourth-order valence-electron chi connectivity index (χ4n) is 3.15. The lowest BCUT2D eigenvalue weighted by Gasteiger charge is -2.06. The number of para-hydroxylation sites is 1. The Morgan fingerprint density at radius 1 is 1.17 bits per heavy atom. The molecule has 148 valence electrons. The number of fused-ring (bicyclic) bond motifs is 1. The van der Waals surface area contributed by atoms with Gasteiger partial charge in [0, 0.05) is 23.6 Å². The van der Waals surface area contributed by atoms with E-state index < -0.39 is 11.7 Å². The zero-order valence-electron chi connectivity index (χ0n) is 15.3. The summed E-state index contributed by atoms with van der Waals surface area (Å²) in [6, 6.07) is 14.5. The van der Waals surface area contributed by atoms with Crippen molar-refractivity contribution in [3.05, 3.63) is 81.6 Å². The van der Waals surface area contributed by atoms with Crippen molar-refractivity contribution in [1.82, 2.24) is 14.8 Å². The third-order valence-electron chi connectivity index (χ3n) is 4.57. The van der Waals surface area contributed by atoms with Gasteiger partial charge in [-0.15, -0.1) is 0 Å². The van der Waals surface area contributed by atoms with Crippen molar-refractivity contribution >= 4 is 51.6 Å². The standard InChI is InChI=1S/C21H13Cl2N5O2/c22-16-6-5-12(7-17(16)23)10-28-11-15(14-3-1-2-4-18(14)28)19(29)21(30)26-20-13(8-24)9-25-27-20/h1-7,9,11H,10H2,(H2,25,26,27,30). The SMILES string of the molecule is N#Cc1cn[nH]c1NC(=O)C(=O)c1cn(Cc2ccc(Cl)c(Cl)c2)c2ccccc12. The molecule has 2 heterocycles. The number of hydrogen-bond donors (Lipinski definition) is 2. The minimum Gasteiger partial charge on any atom is -0.342 e. The van der Waals surface area contributed by atoms with E-state index in [1.807, 2.05) is 28.8 Å². The Morgan fingerprint density at radius 2 is 1.97 bits per heavy atom. The first-order chi connectivity index (χ1) is 14.5. The van der Waals surface area contributed by atoms with E-state index in [2.05, 4.69) is 15.5 Å². The first kappa shape index (κ1) is 19.7. The summed E-state index contributed by atoms with van der Waals surface area (Å²) >= 11 is 12.1. The summed E-state index contributed by atoms with van der Waals surface area (Å²) in [5, 5.41) is 19.2. The van der Waals surface area contributed by atoms with Crippen LogP contribution in [-0.2, 0) is 11.3 Å². The molecule has 2 aromatic heterocycles. The number of amides is 1. The molecule has 1 amide bonds. The van der Waals surface area contributed by atoms with Crippen LogP contribution in [0.1, 0.15) is 21.5 Å². The molecular formula is C21H13Cl2N5O2. The molecular weight excluding hydrogens is 425 g/mol. The number of rotatable bonds is 5. The summed E-state index contributed by atoms with van der Waals surface area (Å²) in [5.41, 5.74) is 2.07. The van der Waals surface area contributed by atoms with E-state index in [9.17, 15) is 9.59 Å². The van der Waals surface area contributed by atoms with E-state index in [1.165, 1.54) is 6.20 Å². The Balaban J connectivity index is 1.67. The van der Waals surface area contributed by atoms with Gasteiger partial charge in [-0.2, -0.15) is 10.4 Å². The molecule has 0 atom stereocenters. The van der Waals surface area contributed by atoms with E-state index in [0.717, 1.165) is 11.1 Å². The predicted octanol–water partition coefficient (Wildman–Crippen LogP) is 4.41. The number of carbonyl (C=O) groups excluding carboxylic acids is 2. The molecule has 0 aliphatic carbocycles. The number of aromatic nitrogens is 3. The Morgan fingerprint density at radius 3 is 2.73 bits per heavy atom. The van der Waals surface area contributed by atoms with E-state index in [4.69, 9.17) is 28.5 Å². The van der Waals surface area contributed by atoms with Gasteiger partial charge in [0.2, 0.25) is 0 Å². The lowest BCUT2D eigenvalue weighted by atomic mass is 10.1. The Labute approximate surface area is 180 Å². The maximum Gasteiger partial charge on any atom is 0.298 e. The van der Waals surface area contributed by atoms with Gasteiger partial charge in [-0.1, -0.05) is 47.5 Å². The van der Waals surface area contributed by atoms with Gasteiger partial charge in [-0.25, -0.2) is 0 Å². The number of Topliss-reactive ketones (excluding diaryl/α,β-unsaturated/α-hetero) is 1. The van der Waals surface area contributed by atoms with Crippen molar-refractivity contribution in [2.45, 2.75) is 6.54 Å². The molecule has 7 nitrogen and oxygen atoms in total. The van der Waals surface area contributed by atoms with Crippen LogP contribution in [-0.4, -0.2) is 26.5 Å². The van der Waals surface area contributed by atoms with Gasteiger partial charge in [-0.05, 0) is 23.8 Å². The predicted molar refractivity (Wildman–Crippen MR) is 114 cm³/mol. The van der Waals surface area contributed by atoms with Gasteiger partial charge >= 0.3 is 0 Å². The lowest BCUT2D eigenvalue weighted by molar-refractivity contribution is -0.112. The molecule has 0 saturated heterocycles. The third-order valence-corrected chi connectivity index (χ3v) is 5.31. The number of nitrogens with zero attached hydrogens (tertiary/aromatic N) is 3. The molecule has 4 aromatic rings. The fourth-order valence-corrected chi connectivity index (χ4v) is 3.47. The van der Waals surface area contributed by atoms with Crippen molar-refractivity contribution < 1.29 is 9.59 Å². The number of nitriles is 1. The number of aromatic amines is 1. The zero-order chi connectivity index (χ0) is 21.3. The maximum absolute atomic E-state index is 12.9. The van der Waals surface area contributed by atoms with Crippen LogP contribution in [0.25, 0.3) is 10.9 Å². The first-order valence-electron chi connectivity index (χ1n) is 8.79. The van der Waals surface area contributed by atoms with Crippen molar-refractivity contribution in [2.75, 3.05) is 5.32 Å². The van der Waals surface area contributed by atoms with Crippen LogP contribution in [0.15, 0.2) is 54.9 Å². The topological polar surface area (TPSA) is 104 Å². The number of ketones is 1. The summed E-state index contributed by atoms with van der Waals surface area (Å²) in [5.74, 6) is -1.51. The van der Waals surface area contributed by atoms with Crippen LogP contribution in [0, 0.1) is 11.3 Å². The summed E-state index contributed by atoms with van der Waals surface area (Å²) in [4.78, 5) is 25.4. The van der Waals surface area contributed by atoms with Crippen molar-refractivity contribution in [3.63, 3.8) is 0 Å². The molecule has 0 bridgehead atoms. The number of H-pyrrole nitrogens is 1. The fraction of sp³-hybridized carbons (Fsp3) is 0.0476. The number of anilines is 1. The van der Waals surface area contributed by atoms with Crippen LogP contribution in [0.3, 0.4) is 0 Å². The van der Waals surface area contributed by atoms with Gasteiger partial charge in [0.15, 0.2) is 0 Å². The molecule has 2 aromatic carbocycles. The molecule has 0 radical (unpaired) electrons. The number of benzene rings is 2. The highest BCUT2D eigenvalue weighted by molar-refractivity contribution is 6.48. The monoisotopic (exact) mass is 437 g/mol. The highest BCUT2D eigenvalue weighted by Crippen LogP contribution is 2.26. The normalized spacial score (nSPS) is 10.7. The Bertz CT molecular complexity index is 1330. The van der Waals surface area contributed by atoms with E-state index in [1.54, 1.807) is 30.5 Å². The summed E-state index contributed by atoms with van der Waals surface area (Å²) in [6.07, 6.45) is 2.90. The van der Waals surface area contributed by atoms with E-state index >= 15 is 0 Å². The molecule has 0 aliphatic heterocycles. The van der Waals surface area contributed by atoms with Crippen molar-refractivity contribution in [1.29, 1.82) is 5.26 Å². The maximum atomic E-state index is 12.9. The number of nitrogens with one attached hydrogen (secondary N) is 2. The summed E-state index contributed by atoms with van der Waals surface area (Å²) < 4.78 is 1.87. The molecule has 2 N–H and O–H groups in total. The van der Waals surface area contributed by atoms with Crippen molar-refractivity contribution in [2.24, 2.45) is 0 Å². The van der Waals surface area contributed by atoms with Gasteiger partial charge in [-0.3, -0.25) is 14.7 Å². The van der Waals surface area contributed by atoms with Crippen LogP contribution in [0.4, 0.5) is 5.82 Å². The second-order valence-corrected chi connectivity index (χ2v) is 7.30. The van der Waals surface area contributed by atoms with E-state index in [0.29, 0.717) is 22.0 Å². The van der Waals surface area contributed by atoms with Gasteiger partial charge in [0.05, 0.1) is 21.8 Å². The van der Waals surface area contributed by atoms with Crippen LogP contribution >= 0.6 is 23.2 Å². The average Bonchev–Trinajstić information content (AvgIpc) is 3.34. The quantitative estimate of drug-likeness (QED) is 0.356. The Kier molecular flexibility index (Phi) is 5.27. The van der Waals surface area contributed by atoms with Gasteiger partial charge < -0.3 is 9.88 Å². The number of halogens is 2.